The average molecular weight is 330 g/mol. The van der Waals surface area contributed by atoms with E-state index in [-0.39, 0.29) is 11.4 Å². The molecule has 1 amide bonds. The van der Waals surface area contributed by atoms with Crippen molar-refractivity contribution in [3.05, 3.63) is 16.0 Å². The molecule has 4 bridgehead atoms. The van der Waals surface area contributed by atoms with Crippen LogP contribution >= 0.6 is 11.3 Å². The molecule has 4 fully saturated rings. The third-order valence-electron chi connectivity index (χ3n) is 6.84. The summed E-state index contributed by atoms with van der Waals surface area (Å²) in [4.78, 5) is 14.5. The number of thiophene rings is 1. The van der Waals surface area contributed by atoms with Crippen LogP contribution in [-0.4, -0.2) is 11.4 Å². The Kier molecular flexibility index (Phi) is 3.10. The minimum absolute atomic E-state index is 0.0851. The number of nitrogens with one attached hydrogen (secondary N) is 1. The number of carbonyl (C=O) groups excluding carboxylic acids is 1. The minimum Gasteiger partial charge on any atom is -0.390 e. The van der Waals surface area contributed by atoms with E-state index in [9.17, 15) is 4.79 Å². The first-order valence-corrected chi connectivity index (χ1v) is 10.2. The van der Waals surface area contributed by atoms with Gasteiger partial charge in [0.05, 0.1) is 10.6 Å². The van der Waals surface area contributed by atoms with Crippen LogP contribution in [0.25, 0.3) is 0 Å². The summed E-state index contributed by atoms with van der Waals surface area (Å²) in [6.07, 6.45) is 12.4. The maximum Gasteiger partial charge on any atom is 0.254 e. The smallest absolute Gasteiger partial charge is 0.254 e. The van der Waals surface area contributed by atoms with Gasteiger partial charge in [0.1, 0.15) is 0 Å². The molecule has 0 atom stereocenters. The van der Waals surface area contributed by atoms with Crippen molar-refractivity contribution in [1.82, 2.24) is 5.32 Å². The Morgan fingerprint density at radius 1 is 1.04 bits per heavy atom. The number of anilines is 1. The van der Waals surface area contributed by atoms with Crippen LogP contribution in [0.1, 0.15) is 72.2 Å². The summed E-state index contributed by atoms with van der Waals surface area (Å²) in [5.41, 5.74) is 8.43. The lowest BCUT2D eigenvalue weighted by atomic mass is 9.53. The van der Waals surface area contributed by atoms with Crippen molar-refractivity contribution in [3.8, 4) is 0 Å². The van der Waals surface area contributed by atoms with Crippen LogP contribution in [0.2, 0.25) is 0 Å². The number of rotatable bonds is 2. The fourth-order valence-electron chi connectivity index (χ4n) is 6.40. The molecule has 1 aromatic heterocycles. The Bertz CT molecular complexity index is 627. The van der Waals surface area contributed by atoms with Crippen LogP contribution in [0, 0.1) is 17.8 Å². The Morgan fingerprint density at radius 3 is 2.30 bits per heavy atom. The normalized spacial score (nSPS) is 37.7. The number of hydrogen-bond acceptors (Lipinski definition) is 3. The first-order chi connectivity index (χ1) is 11.1. The monoisotopic (exact) mass is 330 g/mol. The summed E-state index contributed by atoms with van der Waals surface area (Å²) in [6.45, 7) is 0. The molecule has 4 saturated carbocycles. The highest BCUT2D eigenvalue weighted by Gasteiger charge is 2.51. The van der Waals surface area contributed by atoms with E-state index in [1.807, 2.05) is 0 Å². The molecule has 0 radical (unpaired) electrons. The average Bonchev–Trinajstić information content (AvgIpc) is 2.81. The van der Waals surface area contributed by atoms with Gasteiger partial charge in [0.25, 0.3) is 5.91 Å². The van der Waals surface area contributed by atoms with Gasteiger partial charge < -0.3 is 11.1 Å². The van der Waals surface area contributed by atoms with Gasteiger partial charge in [0.2, 0.25) is 0 Å². The van der Waals surface area contributed by atoms with E-state index in [4.69, 9.17) is 5.73 Å². The maximum absolute atomic E-state index is 13.1. The van der Waals surface area contributed by atoms with E-state index >= 15 is 0 Å². The number of nitrogens with two attached hydrogens (primary N) is 1. The molecule has 6 rings (SSSR count). The highest BCUT2D eigenvalue weighted by Crippen LogP contribution is 2.55. The van der Waals surface area contributed by atoms with E-state index in [0.717, 1.165) is 41.2 Å². The van der Waals surface area contributed by atoms with E-state index in [2.05, 4.69) is 5.32 Å². The number of fused-ring (bicyclic) bond motifs is 1. The van der Waals surface area contributed by atoms with Crippen LogP contribution < -0.4 is 11.1 Å². The van der Waals surface area contributed by atoms with Gasteiger partial charge in [-0.25, -0.2) is 0 Å². The third kappa shape index (κ3) is 2.25. The summed E-state index contributed by atoms with van der Waals surface area (Å²) in [6, 6.07) is 0. The summed E-state index contributed by atoms with van der Waals surface area (Å²) in [5.74, 6) is 2.70. The SMILES string of the molecule is Nc1sc2c(c1C(=O)NC13CC4CC(CC(C4)C1)C3)CCCC2. The predicted molar refractivity (Wildman–Crippen MR) is 93.7 cm³/mol. The summed E-state index contributed by atoms with van der Waals surface area (Å²) >= 11 is 1.65. The second-order valence-electron chi connectivity index (χ2n) is 8.60. The number of amides is 1. The van der Waals surface area contributed by atoms with Gasteiger partial charge in [-0.05, 0) is 87.5 Å². The first-order valence-electron chi connectivity index (χ1n) is 9.34. The molecule has 0 spiro atoms. The topological polar surface area (TPSA) is 55.1 Å². The number of nitrogen functional groups attached to an aromatic ring is 1. The Hall–Kier alpha value is -1.03. The second kappa shape index (κ2) is 4.98. The Morgan fingerprint density at radius 2 is 1.65 bits per heavy atom. The van der Waals surface area contributed by atoms with Crippen LogP contribution in [-0.2, 0) is 12.8 Å². The highest BCUT2D eigenvalue weighted by molar-refractivity contribution is 7.16. The zero-order valence-corrected chi connectivity index (χ0v) is 14.5. The zero-order chi connectivity index (χ0) is 15.6. The molecule has 4 heteroatoms. The molecule has 3 nitrogen and oxygen atoms in total. The van der Waals surface area contributed by atoms with E-state index in [1.165, 1.54) is 61.8 Å². The van der Waals surface area contributed by atoms with Crippen LogP contribution in [0.3, 0.4) is 0 Å². The van der Waals surface area contributed by atoms with E-state index < -0.39 is 0 Å². The summed E-state index contributed by atoms with van der Waals surface area (Å²) in [7, 11) is 0. The van der Waals surface area contributed by atoms with Crippen molar-refractivity contribution in [1.29, 1.82) is 0 Å². The largest absolute Gasteiger partial charge is 0.390 e. The van der Waals surface area contributed by atoms with Crippen molar-refractivity contribution >= 4 is 22.2 Å². The van der Waals surface area contributed by atoms with Gasteiger partial charge in [-0.15, -0.1) is 11.3 Å². The molecule has 0 aromatic carbocycles. The van der Waals surface area contributed by atoms with E-state index in [0.29, 0.717) is 0 Å². The molecule has 0 saturated heterocycles. The molecule has 0 unspecified atom stereocenters. The van der Waals surface area contributed by atoms with Crippen molar-refractivity contribution in [2.45, 2.75) is 69.7 Å². The molecule has 5 aliphatic carbocycles. The highest BCUT2D eigenvalue weighted by atomic mass is 32.1. The van der Waals surface area contributed by atoms with Gasteiger partial charge in [0, 0.05) is 10.4 Å². The van der Waals surface area contributed by atoms with Crippen molar-refractivity contribution in [3.63, 3.8) is 0 Å². The fraction of sp³-hybridized carbons (Fsp3) is 0.737. The van der Waals surface area contributed by atoms with Gasteiger partial charge in [0.15, 0.2) is 0 Å². The molecule has 1 heterocycles. The second-order valence-corrected chi connectivity index (χ2v) is 9.74. The maximum atomic E-state index is 13.1. The fourth-order valence-corrected chi connectivity index (χ4v) is 7.56. The molecule has 5 aliphatic rings. The van der Waals surface area contributed by atoms with E-state index in [1.54, 1.807) is 11.3 Å². The Labute approximate surface area is 142 Å². The third-order valence-corrected chi connectivity index (χ3v) is 7.96. The van der Waals surface area contributed by atoms with Gasteiger partial charge in [-0.2, -0.15) is 0 Å². The molecular formula is C19H26N2OS. The molecule has 0 aliphatic heterocycles. The van der Waals surface area contributed by atoms with Crippen molar-refractivity contribution in [2.24, 2.45) is 17.8 Å². The van der Waals surface area contributed by atoms with Gasteiger partial charge in [-0.1, -0.05) is 0 Å². The van der Waals surface area contributed by atoms with Gasteiger partial charge in [-0.3, -0.25) is 4.79 Å². The van der Waals surface area contributed by atoms with Crippen LogP contribution in [0.5, 0.6) is 0 Å². The number of aryl methyl sites for hydroxylation is 1. The summed E-state index contributed by atoms with van der Waals surface area (Å²) < 4.78 is 0. The Balaban J connectivity index is 1.43. The molecule has 23 heavy (non-hydrogen) atoms. The quantitative estimate of drug-likeness (QED) is 0.864. The minimum atomic E-state index is 0.0851. The first kappa shape index (κ1) is 14.3. The van der Waals surface area contributed by atoms with Crippen LogP contribution in [0.15, 0.2) is 0 Å². The standard InChI is InChI=1S/C19H26N2OS/c20-17-16(14-3-1-2-4-15(14)23-17)18(22)21-19-8-11-5-12(9-19)7-13(6-11)10-19/h11-13H,1-10,20H2,(H,21,22). The lowest BCUT2D eigenvalue weighted by Gasteiger charge is -2.56. The lowest BCUT2D eigenvalue weighted by Crippen LogP contribution is -2.59. The van der Waals surface area contributed by atoms with Crippen molar-refractivity contribution < 1.29 is 4.79 Å². The van der Waals surface area contributed by atoms with Crippen molar-refractivity contribution in [2.75, 3.05) is 5.73 Å². The predicted octanol–water partition coefficient (Wildman–Crippen LogP) is 3.91. The van der Waals surface area contributed by atoms with Crippen LogP contribution in [0.4, 0.5) is 5.00 Å². The molecular weight excluding hydrogens is 304 g/mol. The molecule has 3 N–H and O–H groups in total. The number of hydrogen-bond donors (Lipinski definition) is 2. The zero-order valence-electron chi connectivity index (χ0n) is 13.7. The lowest BCUT2D eigenvalue weighted by molar-refractivity contribution is -0.0166. The van der Waals surface area contributed by atoms with Gasteiger partial charge >= 0.3 is 0 Å². The summed E-state index contributed by atoms with van der Waals surface area (Å²) in [5, 5.41) is 4.25. The molecule has 1 aromatic rings. The number of carbonyl (C=O) groups is 1. The molecule has 124 valence electrons.